The van der Waals surface area contributed by atoms with Crippen LogP contribution in [-0.4, -0.2) is 27.5 Å². The van der Waals surface area contributed by atoms with Crippen LogP contribution in [0.5, 0.6) is 0 Å². The Hall–Kier alpha value is -1.10. The third-order valence-corrected chi connectivity index (χ3v) is 3.16. The van der Waals surface area contributed by atoms with Gasteiger partial charge in [0.2, 0.25) is 0 Å². The van der Waals surface area contributed by atoms with Crippen molar-refractivity contribution in [3.8, 4) is 0 Å². The lowest BCUT2D eigenvalue weighted by atomic mass is 9.80. The third kappa shape index (κ3) is 1.87. The molecule has 5 heteroatoms. The molecule has 1 aliphatic carbocycles. The lowest BCUT2D eigenvalue weighted by Gasteiger charge is -2.25. The van der Waals surface area contributed by atoms with Crippen LogP contribution in [0, 0.1) is 5.41 Å². The van der Waals surface area contributed by atoms with E-state index in [1.165, 1.54) is 18.2 Å². The molecule has 1 rings (SSSR count). The lowest BCUT2D eigenvalue weighted by molar-refractivity contribution is -0.145. The second-order valence-electron chi connectivity index (χ2n) is 3.13. The monoisotopic (exact) mass is 260 g/mol. The number of carboxylic acids is 2. The highest BCUT2D eigenvalue weighted by atomic mass is 79.9. The minimum atomic E-state index is -1.12. The number of aliphatic carboxylic acids is 2. The van der Waals surface area contributed by atoms with Crippen molar-refractivity contribution in [3.05, 3.63) is 23.8 Å². The average Bonchev–Trinajstić information content (AvgIpc) is 2.17. The van der Waals surface area contributed by atoms with Crippen molar-refractivity contribution < 1.29 is 19.8 Å². The Balaban J connectivity index is 2.98. The van der Waals surface area contributed by atoms with Gasteiger partial charge in [-0.1, -0.05) is 34.2 Å². The van der Waals surface area contributed by atoms with Gasteiger partial charge in [0.15, 0.2) is 0 Å². The van der Waals surface area contributed by atoms with E-state index in [9.17, 15) is 9.59 Å². The minimum Gasteiger partial charge on any atom is -0.481 e. The highest BCUT2D eigenvalue weighted by Crippen LogP contribution is 2.33. The zero-order valence-corrected chi connectivity index (χ0v) is 8.82. The summed E-state index contributed by atoms with van der Waals surface area (Å²) in [6.45, 7) is 0. The van der Waals surface area contributed by atoms with E-state index in [1.807, 2.05) is 0 Å². The number of hydrogen-bond acceptors (Lipinski definition) is 2. The van der Waals surface area contributed by atoms with Crippen LogP contribution in [0.4, 0.5) is 0 Å². The predicted molar refractivity (Wildman–Crippen MR) is 53.3 cm³/mol. The van der Waals surface area contributed by atoms with Gasteiger partial charge in [-0.25, -0.2) is 4.79 Å². The lowest BCUT2D eigenvalue weighted by Crippen LogP contribution is -2.33. The molecule has 0 bridgehead atoms. The van der Waals surface area contributed by atoms with Gasteiger partial charge in [-0.3, -0.25) is 4.79 Å². The summed E-state index contributed by atoms with van der Waals surface area (Å²) >= 11 is 3.09. The topological polar surface area (TPSA) is 74.6 Å². The van der Waals surface area contributed by atoms with Gasteiger partial charge in [0.1, 0.15) is 0 Å². The molecule has 1 unspecified atom stereocenters. The largest absolute Gasteiger partial charge is 0.481 e. The summed E-state index contributed by atoms with van der Waals surface area (Å²) in [5.74, 6) is -2.08. The average molecular weight is 261 g/mol. The highest BCUT2D eigenvalue weighted by Gasteiger charge is 2.38. The summed E-state index contributed by atoms with van der Waals surface area (Å²) in [6.07, 6.45) is 4.42. The molecule has 1 aliphatic rings. The molecule has 0 radical (unpaired) electrons. The zero-order valence-electron chi connectivity index (χ0n) is 7.24. The molecule has 4 nitrogen and oxygen atoms in total. The number of halogens is 1. The van der Waals surface area contributed by atoms with Gasteiger partial charge < -0.3 is 10.2 Å². The Morgan fingerprint density at radius 1 is 1.50 bits per heavy atom. The van der Waals surface area contributed by atoms with Gasteiger partial charge in [-0.2, -0.15) is 0 Å². The molecular formula is C9H9BrO4. The number of alkyl halides is 1. The van der Waals surface area contributed by atoms with Gasteiger partial charge in [0, 0.05) is 10.9 Å². The van der Waals surface area contributed by atoms with Gasteiger partial charge in [-0.05, 0) is 6.42 Å². The molecule has 0 fully saturated rings. The Morgan fingerprint density at radius 2 is 2.14 bits per heavy atom. The Kier molecular flexibility index (Phi) is 3.10. The van der Waals surface area contributed by atoms with E-state index in [0.29, 0.717) is 0 Å². The van der Waals surface area contributed by atoms with Crippen LogP contribution in [0.25, 0.3) is 0 Å². The van der Waals surface area contributed by atoms with E-state index >= 15 is 0 Å². The molecule has 2 N–H and O–H groups in total. The summed E-state index contributed by atoms with van der Waals surface area (Å²) in [7, 11) is 0. The highest BCUT2D eigenvalue weighted by molar-refractivity contribution is 9.09. The van der Waals surface area contributed by atoms with E-state index in [1.54, 1.807) is 0 Å². The van der Waals surface area contributed by atoms with Crippen LogP contribution in [0.1, 0.15) is 6.42 Å². The molecule has 0 aliphatic heterocycles. The number of allylic oxidation sites excluding steroid dienone is 2. The molecule has 1 atom stereocenters. The summed E-state index contributed by atoms with van der Waals surface area (Å²) in [5.41, 5.74) is -1.00. The summed E-state index contributed by atoms with van der Waals surface area (Å²) in [4.78, 5) is 21.6. The normalized spacial score (nSPS) is 25.6. The van der Waals surface area contributed by atoms with Crippen molar-refractivity contribution in [1.82, 2.24) is 0 Å². The van der Waals surface area contributed by atoms with Crippen LogP contribution in [-0.2, 0) is 9.59 Å². The van der Waals surface area contributed by atoms with Crippen molar-refractivity contribution in [2.45, 2.75) is 6.42 Å². The molecule has 0 amide bonds. The van der Waals surface area contributed by atoms with Crippen LogP contribution in [0.3, 0.4) is 0 Å². The number of hydrogen-bond donors (Lipinski definition) is 2. The fourth-order valence-corrected chi connectivity index (χ4v) is 1.87. The van der Waals surface area contributed by atoms with Gasteiger partial charge >= 0.3 is 11.9 Å². The van der Waals surface area contributed by atoms with Crippen LogP contribution >= 0.6 is 15.9 Å². The van der Waals surface area contributed by atoms with Crippen molar-refractivity contribution in [1.29, 1.82) is 0 Å². The fraction of sp³-hybridized carbons (Fsp3) is 0.333. The first-order chi connectivity index (χ1) is 6.52. The Labute approximate surface area is 89.1 Å². The molecule has 0 aromatic carbocycles. The van der Waals surface area contributed by atoms with Crippen molar-refractivity contribution in [2.24, 2.45) is 5.41 Å². The van der Waals surface area contributed by atoms with Crippen molar-refractivity contribution >= 4 is 27.9 Å². The van der Waals surface area contributed by atoms with E-state index in [0.717, 1.165) is 0 Å². The molecular weight excluding hydrogens is 252 g/mol. The number of carboxylic acid groups (broad SMARTS) is 2. The van der Waals surface area contributed by atoms with Crippen LogP contribution in [0.2, 0.25) is 0 Å². The summed E-state index contributed by atoms with van der Waals surface area (Å²) in [5, 5.41) is 17.9. The standard InChI is InChI=1S/C9H9BrO4/c10-5-9(8(13)14)3-1-2-6(4-9)7(11)12/h1-3H,4-5H2,(H,11,12)(H,13,14). The maximum atomic E-state index is 11.0. The second-order valence-corrected chi connectivity index (χ2v) is 3.69. The molecule has 14 heavy (non-hydrogen) atoms. The zero-order chi connectivity index (χ0) is 10.8. The van der Waals surface area contributed by atoms with Crippen LogP contribution in [0.15, 0.2) is 23.8 Å². The third-order valence-electron chi connectivity index (χ3n) is 2.16. The summed E-state index contributed by atoms with van der Waals surface area (Å²) < 4.78 is 0. The molecule has 0 saturated heterocycles. The number of carbonyl (C=O) groups is 2. The molecule has 0 aromatic heterocycles. The summed E-state index contributed by atoms with van der Waals surface area (Å²) in [6, 6.07) is 0. The Bertz CT molecular complexity index is 332. The van der Waals surface area contributed by atoms with Crippen LogP contribution < -0.4 is 0 Å². The van der Waals surface area contributed by atoms with Crippen molar-refractivity contribution in [3.63, 3.8) is 0 Å². The van der Waals surface area contributed by atoms with E-state index in [-0.39, 0.29) is 17.3 Å². The quantitative estimate of drug-likeness (QED) is 0.753. The Morgan fingerprint density at radius 3 is 2.57 bits per heavy atom. The van der Waals surface area contributed by atoms with E-state index < -0.39 is 17.4 Å². The maximum Gasteiger partial charge on any atom is 0.331 e. The van der Waals surface area contributed by atoms with Crippen molar-refractivity contribution in [2.75, 3.05) is 5.33 Å². The van der Waals surface area contributed by atoms with E-state index in [2.05, 4.69) is 15.9 Å². The van der Waals surface area contributed by atoms with Gasteiger partial charge in [0.25, 0.3) is 0 Å². The second kappa shape index (κ2) is 3.96. The molecule has 76 valence electrons. The molecule has 0 saturated carbocycles. The van der Waals surface area contributed by atoms with Gasteiger partial charge in [0.05, 0.1) is 5.41 Å². The molecule has 0 spiro atoms. The predicted octanol–water partition coefficient (Wildman–Crippen LogP) is 1.42. The number of rotatable bonds is 3. The molecule has 0 heterocycles. The molecule has 0 aromatic rings. The first-order valence-corrected chi connectivity index (χ1v) is 5.05. The first-order valence-electron chi connectivity index (χ1n) is 3.93. The first kappa shape index (κ1) is 11.0. The SMILES string of the molecule is O=C(O)C1=CC=CC(CBr)(C(=O)O)C1. The minimum absolute atomic E-state index is 0.0133. The van der Waals surface area contributed by atoms with E-state index in [4.69, 9.17) is 10.2 Å². The van der Waals surface area contributed by atoms with Gasteiger partial charge in [-0.15, -0.1) is 0 Å². The fourth-order valence-electron chi connectivity index (χ4n) is 1.25. The smallest absolute Gasteiger partial charge is 0.331 e. The maximum absolute atomic E-state index is 11.0.